The van der Waals surface area contributed by atoms with Gasteiger partial charge in [0.15, 0.2) is 0 Å². The van der Waals surface area contributed by atoms with Crippen LogP contribution < -0.4 is 0 Å². The fraction of sp³-hybridized carbons (Fsp3) is 0.308. The Kier molecular flexibility index (Phi) is 2.98. The molecule has 0 saturated heterocycles. The van der Waals surface area contributed by atoms with Gasteiger partial charge >= 0.3 is 0 Å². The summed E-state index contributed by atoms with van der Waals surface area (Å²) in [5, 5.41) is 4.04. The molecule has 0 aliphatic rings. The maximum absolute atomic E-state index is 6.23. The van der Waals surface area contributed by atoms with Crippen molar-refractivity contribution in [2.24, 2.45) is 7.05 Å². The molecule has 3 heterocycles. The van der Waals surface area contributed by atoms with Gasteiger partial charge in [-0.1, -0.05) is 0 Å². The Morgan fingerprint density at radius 3 is 2.89 bits per heavy atom. The zero-order valence-electron chi connectivity index (χ0n) is 10.8. The predicted molar refractivity (Wildman–Crippen MR) is 74.1 cm³/mol. The van der Waals surface area contributed by atoms with Crippen LogP contribution in [0, 0.1) is 0 Å². The van der Waals surface area contributed by atoms with E-state index in [1.807, 2.05) is 32.4 Å². The molecule has 6 heteroatoms. The molecule has 0 aliphatic heterocycles. The van der Waals surface area contributed by atoms with E-state index in [0.717, 1.165) is 22.4 Å². The van der Waals surface area contributed by atoms with Gasteiger partial charge in [0.05, 0.1) is 29.8 Å². The van der Waals surface area contributed by atoms with Crippen molar-refractivity contribution in [2.75, 3.05) is 0 Å². The highest BCUT2D eigenvalue weighted by Crippen LogP contribution is 2.24. The first kappa shape index (κ1) is 12.2. The molecule has 0 saturated carbocycles. The van der Waals surface area contributed by atoms with Crippen molar-refractivity contribution < 1.29 is 0 Å². The molecule has 0 radical (unpaired) electrons. The molecular formula is C13H14ClN5. The summed E-state index contributed by atoms with van der Waals surface area (Å²) in [6.45, 7) is 2.64. The first-order chi connectivity index (χ1) is 9.15. The van der Waals surface area contributed by atoms with Gasteiger partial charge in [0, 0.05) is 25.0 Å². The summed E-state index contributed by atoms with van der Waals surface area (Å²) < 4.78 is 3.91. The number of aryl methyl sites for hydroxylation is 1. The summed E-state index contributed by atoms with van der Waals surface area (Å²) in [4.78, 5) is 8.66. The van der Waals surface area contributed by atoms with E-state index in [2.05, 4.69) is 19.6 Å². The SMILES string of the molecule is CC(Cl)c1nc2cnccc2n1Cc1cnn(C)c1. The first-order valence-corrected chi connectivity index (χ1v) is 6.50. The number of imidazole rings is 1. The number of hydrogen-bond acceptors (Lipinski definition) is 3. The predicted octanol–water partition coefficient (Wildman–Crippen LogP) is 2.51. The number of alkyl halides is 1. The van der Waals surface area contributed by atoms with Crippen molar-refractivity contribution in [3.63, 3.8) is 0 Å². The maximum atomic E-state index is 6.23. The van der Waals surface area contributed by atoms with Crippen LogP contribution in [-0.2, 0) is 13.6 Å². The molecule has 98 valence electrons. The third kappa shape index (κ3) is 2.21. The van der Waals surface area contributed by atoms with Gasteiger partial charge in [-0.05, 0) is 13.0 Å². The fourth-order valence-electron chi connectivity index (χ4n) is 2.21. The molecule has 3 rings (SSSR count). The normalized spacial score (nSPS) is 13.0. The number of pyridine rings is 1. The Bertz CT molecular complexity index is 713. The molecule has 0 fully saturated rings. The molecule has 0 amide bonds. The van der Waals surface area contributed by atoms with Gasteiger partial charge in [0.2, 0.25) is 0 Å². The molecule has 0 aromatic carbocycles. The van der Waals surface area contributed by atoms with Crippen LogP contribution in [0.25, 0.3) is 11.0 Å². The monoisotopic (exact) mass is 275 g/mol. The summed E-state index contributed by atoms with van der Waals surface area (Å²) in [6, 6.07) is 1.96. The van der Waals surface area contributed by atoms with Gasteiger partial charge in [-0.2, -0.15) is 5.10 Å². The third-order valence-electron chi connectivity index (χ3n) is 3.03. The molecular weight excluding hydrogens is 262 g/mol. The number of hydrogen-bond donors (Lipinski definition) is 0. The second-order valence-corrected chi connectivity index (χ2v) is 5.21. The van der Waals surface area contributed by atoms with Crippen molar-refractivity contribution in [2.45, 2.75) is 18.8 Å². The maximum Gasteiger partial charge on any atom is 0.128 e. The van der Waals surface area contributed by atoms with Gasteiger partial charge in [-0.25, -0.2) is 4.98 Å². The molecule has 1 unspecified atom stereocenters. The Morgan fingerprint density at radius 2 is 2.21 bits per heavy atom. The zero-order chi connectivity index (χ0) is 13.4. The van der Waals surface area contributed by atoms with Crippen LogP contribution in [0.1, 0.15) is 23.7 Å². The van der Waals surface area contributed by atoms with Crippen LogP contribution in [0.3, 0.4) is 0 Å². The highest BCUT2D eigenvalue weighted by molar-refractivity contribution is 6.20. The molecule has 0 bridgehead atoms. The lowest BCUT2D eigenvalue weighted by atomic mass is 10.3. The standard InChI is InChI=1S/C13H14ClN5/c1-9(14)13-17-11-6-15-4-3-12(11)19(13)8-10-5-16-18(2)7-10/h3-7,9H,8H2,1-2H3. The molecule has 3 aromatic rings. The average molecular weight is 276 g/mol. The zero-order valence-corrected chi connectivity index (χ0v) is 11.5. The van der Waals surface area contributed by atoms with Gasteiger partial charge in [0.25, 0.3) is 0 Å². The Balaban J connectivity index is 2.12. The largest absolute Gasteiger partial charge is 0.322 e. The van der Waals surface area contributed by atoms with E-state index >= 15 is 0 Å². The summed E-state index contributed by atoms with van der Waals surface area (Å²) in [6.07, 6.45) is 7.38. The lowest BCUT2D eigenvalue weighted by molar-refractivity contribution is 0.738. The topological polar surface area (TPSA) is 48.5 Å². The number of aromatic nitrogens is 5. The number of rotatable bonds is 3. The van der Waals surface area contributed by atoms with E-state index in [4.69, 9.17) is 11.6 Å². The number of halogens is 1. The summed E-state index contributed by atoms with van der Waals surface area (Å²) in [5.74, 6) is 0.855. The number of nitrogens with zero attached hydrogens (tertiary/aromatic N) is 5. The van der Waals surface area contributed by atoms with Crippen LogP contribution in [-0.4, -0.2) is 24.3 Å². The van der Waals surface area contributed by atoms with Gasteiger partial charge in [-0.15, -0.1) is 11.6 Å². The highest BCUT2D eigenvalue weighted by atomic mass is 35.5. The van der Waals surface area contributed by atoms with Crippen molar-refractivity contribution in [1.29, 1.82) is 0 Å². The van der Waals surface area contributed by atoms with Crippen LogP contribution in [0.15, 0.2) is 30.9 Å². The average Bonchev–Trinajstić information content (AvgIpc) is 2.95. The number of fused-ring (bicyclic) bond motifs is 1. The van der Waals surface area contributed by atoms with Crippen molar-refractivity contribution in [1.82, 2.24) is 24.3 Å². The molecule has 3 aromatic heterocycles. The van der Waals surface area contributed by atoms with E-state index in [-0.39, 0.29) is 5.38 Å². The van der Waals surface area contributed by atoms with Crippen LogP contribution in [0.2, 0.25) is 0 Å². The Labute approximate surface area is 115 Å². The molecule has 0 N–H and O–H groups in total. The van der Waals surface area contributed by atoms with E-state index in [9.17, 15) is 0 Å². The highest BCUT2D eigenvalue weighted by Gasteiger charge is 2.15. The van der Waals surface area contributed by atoms with Crippen LogP contribution >= 0.6 is 11.6 Å². The van der Waals surface area contributed by atoms with Gasteiger partial charge in [-0.3, -0.25) is 9.67 Å². The van der Waals surface area contributed by atoms with E-state index in [1.54, 1.807) is 17.1 Å². The molecule has 0 spiro atoms. The van der Waals surface area contributed by atoms with E-state index < -0.39 is 0 Å². The fourth-order valence-corrected chi connectivity index (χ4v) is 2.37. The quantitative estimate of drug-likeness (QED) is 0.690. The lowest BCUT2D eigenvalue weighted by Gasteiger charge is -2.09. The van der Waals surface area contributed by atoms with E-state index in [0.29, 0.717) is 6.54 Å². The summed E-state index contributed by atoms with van der Waals surface area (Å²) in [7, 11) is 1.91. The molecule has 0 aliphatic carbocycles. The van der Waals surface area contributed by atoms with Gasteiger partial charge in [0.1, 0.15) is 11.3 Å². The van der Waals surface area contributed by atoms with Crippen LogP contribution in [0.5, 0.6) is 0 Å². The lowest BCUT2D eigenvalue weighted by Crippen LogP contribution is -2.05. The Morgan fingerprint density at radius 1 is 1.37 bits per heavy atom. The van der Waals surface area contributed by atoms with Crippen LogP contribution in [0.4, 0.5) is 0 Å². The summed E-state index contributed by atoms with van der Waals surface area (Å²) in [5.41, 5.74) is 3.03. The Hall–Kier alpha value is -1.88. The molecule has 19 heavy (non-hydrogen) atoms. The minimum absolute atomic E-state index is 0.149. The van der Waals surface area contributed by atoms with Crippen molar-refractivity contribution in [3.05, 3.63) is 42.2 Å². The first-order valence-electron chi connectivity index (χ1n) is 6.07. The van der Waals surface area contributed by atoms with Crippen molar-refractivity contribution in [3.8, 4) is 0 Å². The second-order valence-electron chi connectivity index (χ2n) is 4.56. The molecule has 5 nitrogen and oxygen atoms in total. The van der Waals surface area contributed by atoms with Gasteiger partial charge < -0.3 is 4.57 Å². The smallest absolute Gasteiger partial charge is 0.128 e. The molecule has 1 atom stereocenters. The minimum atomic E-state index is -0.149. The summed E-state index contributed by atoms with van der Waals surface area (Å²) >= 11 is 6.23. The minimum Gasteiger partial charge on any atom is -0.322 e. The van der Waals surface area contributed by atoms with E-state index in [1.165, 1.54) is 0 Å². The third-order valence-corrected chi connectivity index (χ3v) is 3.23. The second kappa shape index (κ2) is 4.66. The van der Waals surface area contributed by atoms with Crippen molar-refractivity contribution >= 4 is 22.6 Å².